The molecule has 1 aliphatic heterocycles. The van der Waals surface area contributed by atoms with Gasteiger partial charge in [0.1, 0.15) is 12.1 Å². The van der Waals surface area contributed by atoms with Crippen LogP contribution in [-0.2, 0) is 9.53 Å². The van der Waals surface area contributed by atoms with E-state index < -0.39 is 0 Å². The predicted molar refractivity (Wildman–Crippen MR) is 51.4 cm³/mol. The minimum absolute atomic E-state index is 0.0706. The number of nitriles is 1. The van der Waals surface area contributed by atoms with Crippen LogP contribution in [0.15, 0.2) is 0 Å². The summed E-state index contributed by atoms with van der Waals surface area (Å²) in [5.41, 5.74) is 0. The van der Waals surface area contributed by atoms with Crippen molar-refractivity contribution in [3.8, 4) is 6.07 Å². The number of likely N-dealkylation sites (N-methyl/N-ethyl adjacent to an activating group) is 1. The van der Waals surface area contributed by atoms with E-state index in [0.29, 0.717) is 6.61 Å². The molecule has 0 aromatic rings. The zero-order chi connectivity index (χ0) is 10.6. The summed E-state index contributed by atoms with van der Waals surface area (Å²) in [7, 11) is 1.65. The summed E-state index contributed by atoms with van der Waals surface area (Å²) in [5.74, 6) is -0.0706. The molecule has 1 heterocycles. The van der Waals surface area contributed by atoms with Gasteiger partial charge in [-0.2, -0.15) is 5.26 Å². The second kappa shape index (κ2) is 4.97. The van der Waals surface area contributed by atoms with Crippen LogP contribution >= 0.6 is 0 Å². The molecule has 78 valence electrons. The summed E-state index contributed by atoms with van der Waals surface area (Å²) in [6.45, 7) is 2.37. The number of ether oxygens (including phenoxy) is 1. The molecule has 0 spiro atoms. The van der Waals surface area contributed by atoms with Gasteiger partial charge in [0.2, 0.25) is 0 Å². The Balaban J connectivity index is 2.51. The van der Waals surface area contributed by atoms with Gasteiger partial charge in [-0.1, -0.05) is 0 Å². The molecule has 4 heteroatoms. The quantitative estimate of drug-likeness (QED) is 0.660. The first-order valence-electron chi connectivity index (χ1n) is 4.94. The molecule has 1 amide bonds. The lowest BCUT2D eigenvalue weighted by Gasteiger charge is -2.27. The normalized spacial score (nSPS) is 23.6. The van der Waals surface area contributed by atoms with Crippen molar-refractivity contribution in [3.63, 3.8) is 0 Å². The fraction of sp³-hybridized carbons (Fsp3) is 0.800. The zero-order valence-electron chi connectivity index (χ0n) is 8.69. The van der Waals surface area contributed by atoms with Crippen molar-refractivity contribution in [1.29, 1.82) is 5.26 Å². The molecule has 4 nitrogen and oxygen atoms in total. The molecule has 0 radical (unpaired) electrons. The van der Waals surface area contributed by atoms with Crippen molar-refractivity contribution in [2.75, 3.05) is 13.7 Å². The average Bonchev–Trinajstić information content (AvgIpc) is 2.27. The van der Waals surface area contributed by atoms with Gasteiger partial charge in [0, 0.05) is 13.7 Å². The molecular formula is C10H16N2O2. The van der Waals surface area contributed by atoms with Crippen LogP contribution in [0, 0.1) is 11.3 Å². The van der Waals surface area contributed by atoms with E-state index >= 15 is 0 Å². The summed E-state index contributed by atoms with van der Waals surface area (Å²) in [5, 5.41) is 8.67. The number of rotatable bonds is 2. The molecule has 0 aromatic heterocycles. The number of amides is 1. The van der Waals surface area contributed by atoms with Gasteiger partial charge in [-0.15, -0.1) is 0 Å². The number of nitrogens with zero attached hydrogens (tertiary/aromatic N) is 2. The molecule has 0 bridgehead atoms. The third-order valence-electron chi connectivity index (χ3n) is 2.57. The first-order valence-corrected chi connectivity index (χ1v) is 4.94. The fourth-order valence-corrected chi connectivity index (χ4v) is 1.44. The lowest BCUT2D eigenvalue weighted by Crippen LogP contribution is -2.43. The van der Waals surface area contributed by atoms with Gasteiger partial charge in [0.05, 0.1) is 6.07 Å². The van der Waals surface area contributed by atoms with Crippen LogP contribution in [0.2, 0.25) is 0 Å². The maximum absolute atomic E-state index is 11.7. The molecule has 1 fully saturated rings. The lowest BCUT2D eigenvalue weighted by molar-refractivity contribution is -0.146. The van der Waals surface area contributed by atoms with Crippen molar-refractivity contribution in [2.24, 2.45) is 0 Å². The van der Waals surface area contributed by atoms with E-state index in [2.05, 4.69) is 0 Å². The summed E-state index contributed by atoms with van der Waals surface area (Å²) in [6, 6.07) is 1.65. The molecule has 0 aromatic carbocycles. The van der Waals surface area contributed by atoms with Crippen LogP contribution in [-0.4, -0.2) is 36.6 Å². The van der Waals surface area contributed by atoms with Crippen molar-refractivity contribution in [2.45, 2.75) is 38.3 Å². The summed E-state index contributed by atoms with van der Waals surface area (Å²) in [6.07, 6.45) is 2.51. The zero-order valence-corrected chi connectivity index (χ0v) is 8.69. The Morgan fingerprint density at radius 2 is 2.36 bits per heavy atom. The Kier molecular flexibility index (Phi) is 3.90. The van der Waals surface area contributed by atoms with E-state index in [1.54, 1.807) is 14.0 Å². The molecule has 0 saturated carbocycles. The number of carbonyl (C=O) groups excluding carboxylic acids is 1. The second-order valence-corrected chi connectivity index (χ2v) is 3.61. The van der Waals surface area contributed by atoms with Crippen LogP contribution in [0.4, 0.5) is 0 Å². The van der Waals surface area contributed by atoms with Gasteiger partial charge < -0.3 is 9.64 Å². The molecule has 0 aliphatic carbocycles. The molecule has 1 aliphatic rings. The van der Waals surface area contributed by atoms with E-state index in [0.717, 1.165) is 19.3 Å². The van der Waals surface area contributed by atoms with Crippen LogP contribution in [0.25, 0.3) is 0 Å². The Morgan fingerprint density at radius 1 is 1.64 bits per heavy atom. The minimum atomic E-state index is -0.381. The van der Waals surface area contributed by atoms with Gasteiger partial charge in [-0.3, -0.25) is 4.79 Å². The SMILES string of the molecule is CC(C#N)N(C)C(=O)C1CCCCO1. The van der Waals surface area contributed by atoms with Crippen LogP contribution in [0.1, 0.15) is 26.2 Å². The topological polar surface area (TPSA) is 53.3 Å². The minimum Gasteiger partial charge on any atom is -0.368 e. The monoisotopic (exact) mass is 196 g/mol. The second-order valence-electron chi connectivity index (χ2n) is 3.61. The fourth-order valence-electron chi connectivity index (χ4n) is 1.44. The van der Waals surface area contributed by atoms with Gasteiger partial charge >= 0.3 is 0 Å². The highest BCUT2D eigenvalue weighted by atomic mass is 16.5. The maximum Gasteiger partial charge on any atom is 0.252 e. The van der Waals surface area contributed by atoms with Crippen molar-refractivity contribution >= 4 is 5.91 Å². The lowest BCUT2D eigenvalue weighted by atomic mass is 10.1. The summed E-state index contributed by atoms with van der Waals surface area (Å²) in [4.78, 5) is 13.2. The van der Waals surface area contributed by atoms with Gasteiger partial charge in [-0.05, 0) is 26.2 Å². The highest BCUT2D eigenvalue weighted by Gasteiger charge is 2.27. The largest absolute Gasteiger partial charge is 0.368 e. The third-order valence-corrected chi connectivity index (χ3v) is 2.57. The molecule has 1 saturated heterocycles. The van der Waals surface area contributed by atoms with E-state index in [-0.39, 0.29) is 18.1 Å². The Bertz CT molecular complexity index is 241. The van der Waals surface area contributed by atoms with E-state index in [4.69, 9.17) is 10.00 Å². The molecule has 14 heavy (non-hydrogen) atoms. The summed E-state index contributed by atoms with van der Waals surface area (Å²) < 4.78 is 5.35. The van der Waals surface area contributed by atoms with E-state index in [1.807, 2.05) is 6.07 Å². The van der Waals surface area contributed by atoms with Crippen LogP contribution in [0.5, 0.6) is 0 Å². The van der Waals surface area contributed by atoms with E-state index in [9.17, 15) is 4.79 Å². The molecular weight excluding hydrogens is 180 g/mol. The maximum atomic E-state index is 11.7. The van der Waals surface area contributed by atoms with E-state index in [1.165, 1.54) is 4.90 Å². The molecule has 2 unspecified atom stereocenters. The number of hydrogen-bond donors (Lipinski definition) is 0. The smallest absolute Gasteiger partial charge is 0.252 e. The predicted octanol–water partition coefficient (Wildman–Crippen LogP) is 0.926. The third kappa shape index (κ3) is 2.46. The Morgan fingerprint density at radius 3 is 2.86 bits per heavy atom. The van der Waals surface area contributed by atoms with Crippen LogP contribution in [0.3, 0.4) is 0 Å². The highest BCUT2D eigenvalue weighted by Crippen LogP contribution is 2.15. The Labute approximate surface area is 84.4 Å². The van der Waals surface area contributed by atoms with Gasteiger partial charge in [0.15, 0.2) is 0 Å². The van der Waals surface area contributed by atoms with Crippen molar-refractivity contribution in [1.82, 2.24) is 4.90 Å². The van der Waals surface area contributed by atoms with Crippen molar-refractivity contribution in [3.05, 3.63) is 0 Å². The Hall–Kier alpha value is -1.08. The standard InChI is InChI=1S/C10H16N2O2/c1-8(7-11)12(2)10(13)9-5-3-4-6-14-9/h8-9H,3-6H2,1-2H3. The highest BCUT2D eigenvalue weighted by molar-refractivity contribution is 5.81. The average molecular weight is 196 g/mol. The van der Waals surface area contributed by atoms with Gasteiger partial charge in [0.25, 0.3) is 5.91 Å². The van der Waals surface area contributed by atoms with Crippen molar-refractivity contribution < 1.29 is 9.53 Å². The number of carbonyl (C=O) groups is 1. The molecule has 1 rings (SSSR count). The first-order chi connectivity index (χ1) is 6.66. The first kappa shape index (κ1) is 11.0. The molecule has 2 atom stereocenters. The van der Waals surface area contributed by atoms with Gasteiger partial charge in [-0.25, -0.2) is 0 Å². The molecule has 0 N–H and O–H groups in total. The summed E-state index contributed by atoms with van der Waals surface area (Å²) >= 11 is 0. The number of hydrogen-bond acceptors (Lipinski definition) is 3. The van der Waals surface area contributed by atoms with Crippen LogP contribution < -0.4 is 0 Å².